The molecule has 0 fully saturated rings. The highest BCUT2D eigenvalue weighted by molar-refractivity contribution is 6.06. The summed E-state index contributed by atoms with van der Waals surface area (Å²) in [5, 5.41) is 8.38. The van der Waals surface area contributed by atoms with Gasteiger partial charge in [0.25, 0.3) is 0 Å². The molecule has 1 aliphatic rings. The first-order chi connectivity index (χ1) is 16.8. The largest absolute Gasteiger partial charge is 0.383 e. The van der Waals surface area contributed by atoms with Crippen LogP contribution in [0.5, 0.6) is 0 Å². The van der Waals surface area contributed by atoms with Gasteiger partial charge in [-0.2, -0.15) is 5.10 Å². The van der Waals surface area contributed by atoms with E-state index in [1.54, 1.807) is 36.2 Å². The number of anilines is 2. The fourth-order valence-electron chi connectivity index (χ4n) is 4.28. The zero-order valence-corrected chi connectivity index (χ0v) is 20.0. The highest BCUT2D eigenvalue weighted by atomic mass is 19.1. The lowest BCUT2D eigenvalue weighted by Crippen LogP contribution is -2.31. The van der Waals surface area contributed by atoms with Crippen LogP contribution in [0.4, 0.5) is 16.0 Å². The van der Waals surface area contributed by atoms with Crippen molar-refractivity contribution in [1.29, 1.82) is 0 Å². The summed E-state index contributed by atoms with van der Waals surface area (Å²) in [5.74, 6) is 0.994. The molecule has 3 aromatic heterocycles. The number of pyridine rings is 1. The summed E-state index contributed by atoms with van der Waals surface area (Å²) >= 11 is 0. The minimum Gasteiger partial charge on any atom is -0.383 e. The van der Waals surface area contributed by atoms with Crippen molar-refractivity contribution in [3.8, 4) is 11.5 Å². The van der Waals surface area contributed by atoms with E-state index in [0.29, 0.717) is 47.5 Å². The van der Waals surface area contributed by atoms with E-state index in [0.717, 1.165) is 10.9 Å². The second-order valence-corrected chi connectivity index (χ2v) is 9.06. The fourth-order valence-corrected chi connectivity index (χ4v) is 4.28. The Morgan fingerprint density at radius 3 is 2.74 bits per heavy atom. The van der Waals surface area contributed by atoms with Crippen LogP contribution in [0, 0.1) is 5.82 Å². The Labute approximate surface area is 202 Å². The lowest BCUT2D eigenvalue weighted by Gasteiger charge is -2.25. The van der Waals surface area contributed by atoms with Gasteiger partial charge in [-0.1, -0.05) is 18.2 Å². The molecule has 0 aliphatic carbocycles. The maximum Gasteiger partial charge on any atom is 0.235 e. The van der Waals surface area contributed by atoms with E-state index in [4.69, 9.17) is 19.8 Å². The van der Waals surface area contributed by atoms with Gasteiger partial charge in [-0.3, -0.25) is 4.79 Å². The second kappa shape index (κ2) is 8.70. The Balaban J connectivity index is 1.67. The molecule has 10 heteroatoms. The normalized spacial score (nSPS) is 14.3. The molecule has 4 aromatic rings. The van der Waals surface area contributed by atoms with Crippen LogP contribution in [0.25, 0.3) is 22.6 Å². The predicted molar refractivity (Wildman–Crippen MR) is 131 cm³/mol. The molecule has 1 amide bonds. The molecule has 0 saturated heterocycles. The summed E-state index contributed by atoms with van der Waals surface area (Å²) in [6.07, 6.45) is 1.67. The summed E-state index contributed by atoms with van der Waals surface area (Å²) in [7, 11) is 3.54. The zero-order chi connectivity index (χ0) is 24.7. The van der Waals surface area contributed by atoms with E-state index in [1.165, 1.54) is 6.07 Å². The average Bonchev–Trinajstić information content (AvgIpc) is 3.32. The maximum atomic E-state index is 14.4. The molecule has 0 radical (unpaired) electrons. The van der Waals surface area contributed by atoms with Gasteiger partial charge in [0, 0.05) is 32.5 Å². The molecule has 9 nitrogen and oxygen atoms in total. The molecule has 0 bridgehead atoms. The van der Waals surface area contributed by atoms with Crippen molar-refractivity contribution in [3.63, 3.8) is 0 Å². The number of fused-ring (bicyclic) bond motifs is 2. The van der Waals surface area contributed by atoms with Crippen LogP contribution in [0.3, 0.4) is 0 Å². The van der Waals surface area contributed by atoms with Gasteiger partial charge in [-0.15, -0.1) is 0 Å². The third kappa shape index (κ3) is 3.89. The first-order valence-electron chi connectivity index (χ1n) is 11.3. The van der Waals surface area contributed by atoms with E-state index >= 15 is 0 Å². The van der Waals surface area contributed by atoms with Crippen LogP contribution in [-0.2, 0) is 21.5 Å². The quantitative estimate of drug-likeness (QED) is 0.438. The number of halogens is 1. The van der Waals surface area contributed by atoms with Gasteiger partial charge in [0.05, 0.1) is 29.5 Å². The Kier molecular flexibility index (Phi) is 5.68. The van der Waals surface area contributed by atoms with Crippen LogP contribution in [0.1, 0.15) is 25.0 Å². The predicted octanol–water partition coefficient (Wildman–Crippen LogP) is 3.39. The lowest BCUT2D eigenvalue weighted by atomic mass is 9.87. The monoisotopic (exact) mass is 475 g/mol. The van der Waals surface area contributed by atoms with E-state index in [9.17, 15) is 9.18 Å². The fraction of sp³-hybridized carbons (Fsp3) is 0.320. The van der Waals surface area contributed by atoms with E-state index < -0.39 is 5.41 Å². The Bertz CT molecular complexity index is 1430. The molecule has 35 heavy (non-hydrogen) atoms. The number of aromatic nitrogens is 5. The summed E-state index contributed by atoms with van der Waals surface area (Å²) in [5.41, 5.74) is 1.54. The number of likely N-dealkylation sites (N-methyl/N-ethyl adjacent to an activating group) is 1. The van der Waals surface area contributed by atoms with Crippen molar-refractivity contribution in [2.24, 2.45) is 0 Å². The second-order valence-electron chi connectivity index (χ2n) is 9.06. The molecule has 0 atom stereocenters. The average molecular weight is 476 g/mol. The van der Waals surface area contributed by atoms with E-state index in [2.05, 4.69) is 10.3 Å². The highest BCUT2D eigenvalue weighted by Gasteiger charge is 2.43. The van der Waals surface area contributed by atoms with Crippen molar-refractivity contribution >= 4 is 28.6 Å². The third-order valence-electron chi connectivity index (χ3n) is 6.30. The number of benzene rings is 1. The smallest absolute Gasteiger partial charge is 0.235 e. The summed E-state index contributed by atoms with van der Waals surface area (Å²) < 4.78 is 21.3. The van der Waals surface area contributed by atoms with E-state index in [1.807, 2.05) is 37.9 Å². The molecule has 180 valence electrons. The van der Waals surface area contributed by atoms with Gasteiger partial charge in [0.2, 0.25) is 5.91 Å². The number of carbonyl (C=O) groups excluding carboxylic acids is 1. The number of rotatable bonds is 7. The van der Waals surface area contributed by atoms with Crippen LogP contribution in [0.15, 0.2) is 42.6 Å². The Morgan fingerprint density at radius 1 is 1.17 bits per heavy atom. The first kappa shape index (κ1) is 22.9. The molecular weight excluding hydrogens is 449 g/mol. The minimum atomic E-state index is -0.793. The molecule has 1 N–H and O–H groups in total. The number of hydrogen-bond acceptors (Lipinski definition) is 7. The zero-order valence-electron chi connectivity index (χ0n) is 20.0. The van der Waals surface area contributed by atoms with Gasteiger partial charge < -0.3 is 15.0 Å². The number of amides is 1. The van der Waals surface area contributed by atoms with Gasteiger partial charge >= 0.3 is 0 Å². The van der Waals surface area contributed by atoms with Crippen molar-refractivity contribution in [2.45, 2.75) is 25.8 Å². The number of hydrogen-bond donors (Lipinski definition) is 1. The van der Waals surface area contributed by atoms with Crippen LogP contribution < -0.4 is 10.2 Å². The van der Waals surface area contributed by atoms with Crippen molar-refractivity contribution < 1.29 is 13.9 Å². The van der Waals surface area contributed by atoms with Gasteiger partial charge in [0.1, 0.15) is 23.1 Å². The lowest BCUT2D eigenvalue weighted by molar-refractivity contribution is -0.119. The molecule has 0 saturated carbocycles. The number of methoxy groups -OCH3 is 1. The van der Waals surface area contributed by atoms with Crippen molar-refractivity contribution in [2.75, 3.05) is 37.5 Å². The molecular formula is C25H26FN7O2. The molecule has 4 heterocycles. The van der Waals surface area contributed by atoms with Gasteiger partial charge in [0.15, 0.2) is 11.5 Å². The first-order valence-corrected chi connectivity index (χ1v) is 11.3. The van der Waals surface area contributed by atoms with Gasteiger partial charge in [-0.05, 0) is 32.0 Å². The summed E-state index contributed by atoms with van der Waals surface area (Å²) in [6.45, 7) is 4.99. The summed E-state index contributed by atoms with van der Waals surface area (Å²) in [4.78, 5) is 28.8. The molecule has 1 aromatic carbocycles. The number of carbonyl (C=O) groups is 1. The maximum absolute atomic E-state index is 14.4. The van der Waals surface area contributed by atoms with Crippen LogP contribution in [0.2, 0.25) is 0 Å². The molecule has 0 unspecified atom stereocenters. The van der Waals surface area contributed by atoms with Crippen LogP contribution >= 0.6 is 0 Å². The standard InChI is InChI=1S/C25H26FN7O2/c1-25(2)18-20(30-24(25)34)28-21(29-23(18)32(3)12-13-35-4)19-16-9-7-11-27-22(16)33(31-19)14-15-8-5-6-10-17(15)26/h5-11H,12-14H2,1-4H3,(H,28,29,30,34). The van der Waals surface area contributed by atoms with Crippen LogP contribution in [-0.4, -0.2) is 57.9 Å². The van der Waals surface area contributed by atoms with Gasteiger partial charge in [-0.25, -0.2) is 24.0 Å². The molecule has 1 aliphatic heterocycles. The van der Waals surface area contributed by atoms with Crippen molar-refractivity contribution in [1.82, 2.24) is 24.7 Å². The minimum absolute atomic E-state index is 0.142. The van der Waals surface area contributed by atoms with Crippen molar-refractivity contribution in [3.05, 3.63) is 59.5 Å². The number of nitrogens with zero attached hydrogens (tertiary/aromatic N) is 6. The topological polar surface area (TPSA) is 98.1 Å². The highest BCUT2D eigenvalue weighted by Crippen LogP contribution is 2.42. The number of ether oxygens (including phenoxy) is 1. The third-order valence-corrected chi connectivity index (χ3v) is 6.30. The van der Waals surface area contributed by atoms with E-state index in [-0.39, 0.29) is 18.3 Å². The number of nitrogens with one attached hydrogen (secondary N) is 1. The SMILES string of the molecule is COCCN(C)c1nc(-c2nn(Cc3ccccc3F)c3ncccc23)nc2c1C(C)(C)C(=O)N2. The Hall–Kier alpha value is -3.92. The summed E-state index contributed by atoms with van der Waals surface area (Å²) in [6, 6.07) is 10.3. The molecule has 5 rings (SSSR count). The Morgan fingerprint density at radius 2 is 1.97 bits per heavy atom. The molecule has 0 spiro atoms.